The largest absolute Gasteiger partial charge is 0.342 e. The van der Waals surface area contributed by atoms with E-state index in [9.17, 15) is 4.79 Å². The number of hydrogen-bond acceptors (Lipinski definition) is 3. The van der Waals surface area contributed by atoms with Gasteiger partial charge in [-0.1, -0.05) is 30.3 Å². The number of rotatable bonds is 5. The minimum Gasteiger partial charge on any atom is -0.342 e. The average Bonchev–Trinajstić information content (AvgIpc) is 3.16. The summed E-state index contributed by atoms with van der Waals surface area (Å²) in [6.45, 7) is 3.96. The Morgan fingerprint density at radius 2 is 1.87 bits per heavy atom. The van der Waals surface area contributed by atoms with Crippen LogP contribution in [0, 0.1) is 13.8 Å². The van der Waals surface area contributed by atoms with Crippen molar-refractivity contribution >= 4 is 22.4 Å². The summed E-state index contributed by atoms with van der Waals surface area (Å²) >= 11 is 1.51. The molecular formula is C18H19N3OS. The normalized spacial score (nSPS) is 12.1. The molecule has 23 heavy (non-hydrogen) atoms. The lowest BCUT2D eigenvalue weighted by Crippen LogP contribution is -2.27. The quantitative estimate of drug-likeness (QED) is 0.771. The molecule has 1 atom stereocenters. The van der Waals surface area contributed by atoms with Crippen LogP contribution in [0.2, 0.25) is 0 Å². The molecule has 0 aliphatic carbocycles. The first kappa shape index (κ1) is 15.5. The highest BCUT2D eigenvalue weighted by Crippen LogP contribution is 2.23. The lowest BCUT2D eigenvalue weighted by atomic mass is 10.1. The number of hydrogen-bond donors (Lipinski definition) is 1. The van der Waals surface area contributed by atoms with Gasteiger partial charge in [-0.2, -0.15) is 0 Å². The van der Waals surface area contributed by atoms with Gasteiger partial charge in [-0.05, 0) is 31.5 Å². The molecule has 5 heteroatoms. The number of benzene rings is 1. The van der Waals surface area contributed by atoms with Gasteiger partial charge in [0.15, 0.2) is 5.13 Å². The van der Waals surface area contributed by atoms with Crippen molar-refractivity contribution in [2.24, 2.45) is 0 Å². The van der Waals surface area contributed by atoms with Gasteiger partial charge < -0.3 is 9.88 Å². The molecule has 0 spiro atoms. The van der Waals surface area contributed by atoms with Gasteiger partial charge in [0.2, 0.25) is 5.91 Å². The van der Waals surface area contributed by atoms with E-state index in [-0.39, 0.29) is 11.9 Å². The van der Waals surface area contributed by atoms with Crippen LogP contribution in [0.15, 0.2) is 54.9 Å². The van der Waals surface area contributed by atoms with Crippen molar-refractivity contribution in [1.29, 1.82) is 0 Å². The van der Waals surface area contributed by atoms with Crippen LogP contribution in [0.1, 0.15) is 22.2 Å². The van der Waals surface area contributed by atoms with E-state index >= 15 is 0 Å². The van der Waals surface area contributed by atoms with E-state index < -0.39 is 0 Å². The van der Waals surface area contributed by atoms with E-state index in [0.29, 0.717) is 11.6 Å². The van der Waals surface area contributed by atoms with Crippen LogP contribution in [-0.4, -0.2) is 15.5 Å². The Balaban J connectivity index is 1.81. The number of anilines is 1. The summed E-state index contributed by atoms with van der Waals surface area (Å²) in [5.74, 6) is -0.0428. The molecule has 4 nitrogen and oxygen atoms in total. The fraction of sp³-hybridized carbons (Fsp3) is 0.222. The second kappa shape index (κ2) is 6.79. The van der Waals surface area contributed by atoms with E-state index in [1.807, 2.05) is 73.3 Å². The number of nitrogens with zero attached hydrogens (tertiary/aromatic N) is 2. The van der Waals surface area contributed by atoms with Crippen molar-refractivity contribution in [3.63, 3.8) is 0 Å². The smallest absolute Gasteiger partial charge is 0.249 e. The Bertz CT molecular complexity index is 758. The van der Waals surface area contributed by atoms with E-state index in [1.54, 1.807) is 0 Å². The zero-order valence-corrected chi connectivity index (χ0v) is 14.0. The molecule has 0 aliphatic rings. The SMILES string of the molecule is Cc1nc(NC(=O)[C@@H](Cc2ccccc2)n2cccc2)sc1C. The van der Waals surface area contributed by atoms with Crippen LogP contribution in [0.4, 0.5) is 5.13 Å². The van der Waals surface area contributed by atoms with Crippen LogP contribution < -0.4 is 5.32 Å². The lowest BCUT2D eigenvalue weighted by molar-refractivity contribution is -0.119. The van der Waals surface area contributed by atoms with Gasteiger partial charge in [-0.3, -0.25) is 4.79 Å². The molecule has 2 heterocycles. The fourth-order valence-electron chi connectivity index (χ4n) is 2.44. The number of aromatic nitrogens is 2. The summed E-state index contributed by atoms with van der Waals surface area (Å²) in [6.07, 6.45) is 4.49. The highest BCUT2D eigenvalue weighted by atomic mass is 32.1. The van der Waals surface area contributed by atoms with Crippen molar-refractivity contribution in [1.82, 2.24) is 9.55 Å². The van der Waals surface area contributed by atoms with E-state index in [1.165, 1.54) is 11.3 Å². The number of nitrogens with one attached hydrogen (secondary N) is 1. The summed E-state index contributed by atoms with van der Waals surface area (Å²) in [5.41, 5.74) is 2.10. The number of carbonyl (C=O) groups excluding carboxylic acids is 1. The Morgan fingerprint density at radius 1 is 1.17 bits per heavy atom. The molecule has 0 unspecified atom stereocenters. The summed E-state index contributed by atoms with van der Waals surface area (Å²) in [4.78, 5) is 18.3. The standard InChI is InChI=1S/C18H19N3OS/c1-13-14(2)23-18(19-13)20-17(22)16(21-10-6-7-11-21)12-15-8-4-3-5-9-15/h3-11,16H,12H2,1-2H3,(H,19,20,22)/t16-/m1/s1. The molecule has 0 fully saturated rings. The highest BCUT2D eigenvalue weighted by molar-refractivity contribution is 7.15. The van der Waals surface area contributed by atoms with Crippen LogP contribution in [0.3, 0.4) is 0 Å². The molecular weight excluding hydrogens is 306 g/mol. The molecule has 3 rings (SSSR count). The Labute approximate surface area is 139 Å². The van der Waals surface area contributed by atoms with Gasteiger partial charge in [-0.15, -0.1) is 11.3 Å². The molecule has 0 bridgehead atoms. The molecule has 1 aromatic carbocycles. The maximum atomic E-state index is 12.8. The van der Waals surface area contributed by atoms with E-state index in [2.05, 4.69) is 10.3 Å². The number of thiazole rings is 1. The molecule has 0 saturated heterocycles. The molecule has 0 aliphatic heterocycles. The van der Waals surface area contributed by atoms with Crippen LogP contribution in [-0.2, 0) is 11.2 Å². The molecule has 1 N–H and O–H groups in total. The summed E-state index contributed by atoms with van der Waals surface area (Å²) in [6, 6.07) is 13.6. The fourth-order valence-corrected chi connectivity index (χ4v) is 3.26. The van der Waals surface area contributed by atoms with Gasteiger partial charge in [0, 0.05) is 23.7 Å². The minimum atomic E-state index is -0.295. The van der Waals surface area contributed by atoms with Crippen molar-refractivity contribution in [2.75, 3.05) is 5.32 Å². The lowest BCUT2D eigenvalue weighted by Gasteiger charge is -2.18. The van der Waals surface area contributed by atoms with Gasteiger partial charge in [0.25, 0.3) is 0 Å². The van der Waals surface area contributed by atoms with Crippen molar-refractivity contribution in [3.8, 4) is 0 Å². The first-order chi connectivity index (χ1) is 11.1. The van der Waals surface area contributed by atoms with Crippen molar-refractivity contribution in [2.45, 2.75) is 26.3 Å². The monoisotopic (exact) mass is 325 g/mol. The van der Waals surface area contributed by atoms with Crippen LogP contribution in [0.25, 0.3) is 0 Å². The summed E-state index contributed by atoms with van der Waals surface area (Å²) in [7, 11) is 0. The zero-order chi connectivity index (χ0) is 16.2. The molecule has 118 valence electrons. The third kappa shape index (κ3) is 3.68. The van der Waals surface area contributed by atoms with Gasteiger partial charge in [0.05, 0.1) is 5.69 Å². The van der Waals surface area contributed by atoms with Crippen molar-refractivity contribution in [3.05, 3.63) is 71.0 Å². The van der Waals surface area contributed by atoms with Crippen LogP contribution in [0.5, 0.6) is 0 Å². The molecule has 0 saturated carbocycles. The predicted molar refractivity (Wildman–Crippen MR) is 93.8 cm³/mol. The van der Waals surface area contributed by atoms with Gasteiger partial charge in [-0.25, -0.2) is 4.98 Å². The first-order valence-electron chi connectivity index (χ1n) is 7.55. The molecule has 1 amide bonds. The predicted octanol–water partition coefficient (Wildman–Crippen LogP) is 3.98. The molecule has 3 aromatic rings. The topological polar surface area (TPSA) is 46.9 Å². The highest BCUT2D eigenvalue weighted by Gasteiger charge is 2.21. The first-order valence-corrected chi connectivity index (χ1v) is 8.36. The number of aryl methyl sites for hydroxylation is 2. The van der Waals surface area contributed by atoms with Crippen LogP contribution >= 0.6 is 11.3 Å². The summed E-state index contributed by atoms with van der Waals surface area (Å²) < 4.78 is 1.94. The molecule has 2 aromatic heterocycles. The Hall–Kier alpha value is -2.40. The van der Waals surface area contributed by atoms with Crippen molar-refractivity contribution < 1.29 is 4.79 Å². The second-order valence-corrected chi connectivity index (χ2v) is 6.69. The average molecular weight is 325 g/mol. The van der Waals surface area contributed by atoms with E-state index in [0.717, 1.165) is 16.1 Å². The Morgan fingerprint density at radius 3 is 2.48 bits per heavy atom. The van der Waals surface area contributed by atoms with Gasteiger partial charge >= 0.3 is 0 Å². The third-order valence-electron chi connectivity index (χ3n) is 3.82. The third-order valence-corrected chi connectivity index (χ3v) is 4.81. The number of amides is 1. The zero-order valence-electron chi connectivity index (χ0n) is 13.2. The minimum absolute atomic E-state index is 0.0428. The molecule has 0 radical (unpaired) electrons. The Kier molecular flexibility index (Phi) is 4.57. The maximum absolute atomic E-state index is 12.8. The maximum Gasteiger partial charge on any atom is 0.249 e. The summed E-state index contributed by atoms with van der Waals surface area (Å²) in [5, 5.41) is 3.62. The second-order valence-electron chi connectivity index (χ2n) is 5.49. The van der Waals surface area contributed by atoms with Gasteiger partial charge in [0.1, 0.15) is 6.04 Å². The van der Waals surface area contributed by atoms with E-state index in [4.69, 9.17) is 0 Å². The number of carbonyl (C=O) groups is 1.